The molecule has 0 aliphatic heterocycles. The molecule has 0 saturated heterocycles. The zero-order chi connectivity index (χ0) is 28.9. The van der Waals surface area contributed by atoms with Gasteiger partial charge in [-0.25, -0.2) is 0 Å². The second-order valence-corrected chi connectivity index (χ2v) is 9.23. The number of rotatable bonds is 11. The van der Waals surface area contributed by atoms with Gasteiger partial charge < -0.3 is 38.5 Å². The van der Waals surface area contributed by atoms with E-state index in [-0.39, 0.29) is 5.46 Å². The fourth-order valence-corrected chi connectivity index (χ4v) is 4.10. The van der Waals surface area contributed by atoms with Gasteiger partial charge in [-0.1, -0.05) is 76.6 Å². The minimum atomic E-state index is -1.61. The Balaban J connectivity index is 0.000000222. The molecule has 210 valence electrons. The number of benzene rings is 4. The molecule has 0 unspecified atom stereocenters. The lowest BCUT2D eigenvalue weighted by molar-refractivity contribution is 0.275. The third-order valence-corrected chi connectivity index (χ3v) is 6.11. The van der Waals surface area contributed by atoms with Crippen LogP contribution < -0.4 is 33.9 Å². The van der Waals surface area contributed by atoms with Gasteiger partial charge in [-0.15, -0.1) is 0 Å². The molecule has 0 bridgehead atoms. The second kappa shape index (κ2) is 15.7. The molecule has 10 heteroatoms. The van der Waals surface area contributed by atoms with Crippen LogP contribution in [0.4, 0.5) is 0 Å². The predicted molar refractivity (Wildman–Crippen MR) is 158 cm³/mol. The monoisotopic (exact) mass is 610 g/mol. The topological polar surface area (TPSA) is 95.8 Å². The minimum Gasteiger partial charge on any atom is -0.493 e. The summed E-state index contributed by atoms with van der Waals surface area (Å²) in [5.41, 5.74) is 2.37. The summed E-state index contributed by atoms with van der Waals surface area (Å²) in [4.78, 5) is 0. The molecule has 0 radical (unpaired) electrons. The van der Waals surface area contributed by atoms with Crippen molar-refractivity contribution in [2.24, 2.45) is 0 Å². The lowest BCUT2D eigenvalue weighted by Crippen LogP contribution is -2.30. The maximum Gasteiger partial charge on any atom is 0.488 e. The van der Waals surface area contributed by atoms with Crippen molar-refractivity contribution >= 4 is 28.5 Å². The number of hydrogen-bond donors (Lipinski definition) is 2. The molecule has 0 fully saturated rings. The summed E-state index contributed by atoms with van der Waals surface area (Å²) in [7, 11) is 4.57. The molecule has 0 saturated carbocycles. The van der Waals surface area contributed by atoms with Crippen molar-refractivity contribution in [2.45, 2.75) is 13.2 Å². The Morgan fingerprint density at radius 1 is 0.575 bits per heavy atom. The summed E-state index contributed by atoms with van der Waals surface area (Å²) in [6, 6.07) is 26.4. The van der Waals surface area contributed by atoms with Crippen LogP contribution in [0.2, 0.25) is 0 Å². The van der Waals surface area contributed by atoms with E-state index in [9.17, 15) is 10.0 Å². The van der Waals surface area contributed by atoms with Gasteiger partial charge in [0.25, 0.3) is 0 Å². The zero-order valence-electron chi connectivity index (χ0n) is 22.8. The Labute approximate surface area is 243 Å². The maximum absolute atomic E-state index is 9.32. The molecule has 0 atom stereocenters. The summed E-state index contributed by atoms with van der Waals surface area (Å²) in [6.45, 7) is 0.822. The van der Waals surface area contributed by atoms with E-state index in [1.54, 1.807) is 14.2 Å². The number of halogens is 1. The highest BCUT2D eigenvalue weighted by atomic mass is 79.9. The van der Waals surface area contributed by atoms with Crippen LogP contribution in [0, 0.1) is 0 Å². The highest BCUT2D eigenvalue weighted by Gasteiger charge is 2.20. The highest BCUT2D eigenvalue weighted by Crippen LogP contribution is 2.40. The van der Waals surface area contributed by atoms with E-state index < -0.39 is 7.12 Å². The van der Waals surface area contributed by atoms with Gasteiger partial charge in [-0.3, -0.25) is 0 Å². The van der Waals surface area contributed by atoms with Crippen LogP contribution in [0.5, 0.6) is 34.5 Å². The van der Waals surface area contributed by atoms with E-state index in [0.717, 1.165) is 15.6 Å². The average molecular weight is 611 g/mol. The second-order valence-electron chi connectivity index (χ2n) is 8.32. The molecule has 0 spiro atoms. The van der Waals surface area contributed by atoms with Gasteiger partial charge in [0.1, 0.15) is 13.2 Å². The van der Waals surface area contributed by atoms with Gasteiger partial charge in [-0.2, -0.15) is 0 Å². The van der Waals surface area contributed by atoms with Gasteiger partial charge >= 0.3 is 7.12 Å². The molecule has 0 heterocycles. The van der Waals surface area contributed by atoms with Gasteiger partial charge in [-0.05, 0) is 40.9 Å². The van der Waals surface area contributed by atoms with Crippen molar-refractivity contribution in [1.29, 1.82) is 0 Å². The molecule has 0 aliphatic carbocycles. The summed E-state index contributed by atoms with van der Waals surface area (Å²) < 4.78 is 33.5. The molecular weight excluding hydrogens is 579 g/mol. The fraction of sp³-hybridized carbons (Fsp3) is 0.200. The SMILES string of the molecule is COc1cc(B(O)O)cc(OCc2ccccc2)c1OC.COc1cc(Br)cc(OCc2ccccc2)c1OC. The molecule has 4 aromatic carbocycles. The smallest absolute Gasteiger partial charge is 0.488 e. The van der Waals surface area contributed by atoms with Crippen LogP contribution in [0.25, 0.3) is 0 Å². The average Bonchev–Trinajstić information content (AvgIpc) is 2.99. The fourth-order valence-electron chi connectivity index (χ4n) is 3.68. The molecule has 0 amide bonds. The first kappa shape index (κ1) is 30.7. The van der Waals surface area contributed by atoms with Crippen molar-refractivity contribution in [3.05, 3.63) is 101 Å². The van der Waals surface area contributed by atoms with Crippen molar-refractivity contribution in [2.75, 3.05) is 28.4 Å². The van der Waals surface area contributed by atoms with E-state index >= 15 is 0 Å². The van der Waals surface area contributed by atoms with Gasteiger partial charge in [0.2, 0.25) is 11.5 Å². The van der Waals surface area contributed by atoms with Crippen LogP contribution in [0.3, 0.4) is 0 Å². The number of methoxy groups -OCH3 is 4. The lowest BCUT2D eigenvalue weighted by atomic mass is 9.80. The van der Waals surface area contributed by atoms with Gasteiger partial charge in [0.15, 0.2) is 23.0 Å². The molecular formula is C30H32BBrO8. The normalized spacial score (nSPS) is 10.1. The minimum absolute atomic E-state index is 0.274. The standard InChI is InChI=1S/C15H17BO5.C15H15BrO3/c1-19-13-8-12(16(17)18)9-14(15(13)20-2)21-10-11-6-4-3-5-7-11;1-17-13-8-12(16)9-14(15(13)18-2)19-10-11-6-4-3-5-7-11/h3-9,17-18H,10H2,1-2H3;3-9H,10H2,1-2H3. The number of ether oxygens (including phenoxy) is 6. The molecule has 4 rings (SSSR count). The largest absolute Gasteiger partial charge is 0.493 e. The van der Waals surface area contributed by atoms with E-state index in [4.69, 9.17) is 28.4 Å². The summed E-state index contributed by atoms with van der Waals surface area (Å²) in [5, 5.41) is 18.6. The first-order valence-electron chi connectivity index (χ1n) is 12.3. The van der Waals surface area contributed by atoms with Crippen LogP contribution in [0.15, 0.2) is 89.4 Å². The van der Waals surface area contributed by atoms with Crippen molar-refractivity contribution in [1.82, 2.24) is 0 Å². The maximum atomic E-state index is 9.32. The first-order valence-corrected chi connectivity index (χ1v) is 13.1. The molecule has 40 heavy (non-hydrogen) atoms. The van der Waals surface area contributed by atoms with Crippen molar-refractivity contribution in [3.63, 3.8) is 0 Å². The van der Waals surface area contributed by atoms with Crippen LogP contribution in [-0.2, 0) is 13.2 Å². The van der Waals surface area contributed by atoms with Gasteiger partial charge in [0.05, 0.1) is 28.4 Å². The van der Waals surface area contributed by atoms with E-state index in [1.807, 2.05) is 72.8 Å². The predicted octanol–water partition coefficient (Wildman–Crippen LogP) is 5.01. The third kappa shape index (κ3) is 8.57. The lowest BCUT2D eigenvalue weighted by Gasteiger charge is -2.15. The Bertz CT molecular complexity index is 1340. The molecule has 2 N–H and O–H groups in total. The Morgan fingerprint density at radius 2 is 0.975 bits per heavy atom. The van der Waals surface area contributed by atoms with E-state index in [2.05, 4.69) is 15.9 Å². The third-order valence-electron chi connectivity index (χ3n) is 5.65. The summed E-state index contributed by atoms with van der Waals surface area (Å²) in [5.74, 6) is 3.08. The van der Waals surface area contributed by atoms with Crippen molar-refractivity contribution < 1.29 is 38.5 Å². The van der Waals surface area contributed by atoms with Gasteiger partial charge in [0, 0.05) is 4.47 Å². The Morgan fingerprint density at radius 3 is 1.40 bits per heavy atom. The molecule has 0 aromatic heterocycles. The highest BCUT2D eigenvalue weighted by molar-refractivity contribution is 9.10. The Kier molecular flexibility index (Phi) is 12.0. The van der Waals surface area contributed by atoms with Crippen LogP contribution in [0.1, 0.15) is 11.1 Å². The van der Waals surface area contributed by atoms with E-state index in [0.29, 0.717) is 47.7 Å². The number of hydrogen-bond acceptors (Lipinski definition) is 8. The van der Waals surface area contributed by atoms with Crippen LogP contribution >= 0.6 is 15.9 Å². The van der Waals surface area contributed by atoms with Crippen LogP contribution in [-0.4, -0.2) is 45.6 Å². The summed E-state index contributed by atoms with van der Waals surface area (Å²) >= 11 is 3.43. The molecule has 4 aromatic rings. The Hall–Kier alpha value is -3.86. The van der Waals surface area contributed by atoms with Crippen molar-refractivity contribution in [3.8, 4) is 34.5 Å². The first-order chi connectivity index (χ1) is 19.4. The quantitative estimate of drug-likeness (QED) is 0.229. The summed E-state index contributed by atoms with van der Waals surface area (Å²) in [6.07, 6.45) is 0. The zero-order valence-corrected chi connectivity index (χ0v) is 24.4. The van der Waals surface area contributed by atoms with E-state index in [1.165, 1.54) is 26.4 Å². The molecule has 0 aliphatic rings. The molecule has 8 nitrogen and oxygen atoms in total.